The number of nitrogens with zero attached hydrogens (tertiary/aromatic N) is 1. The van der Waals surface area contributed by atoms with Crippen LogP contribution in [0.4, 0.5) is 0 Å². The Hall–Kier alpha value is -1.70. The fourth-order valence-electron chi connectivity index (χ4n) is 3.27. The van der Waals surface area contributed by atoms with Crippen molar-refractivity contribution >= 4 is 10.0 Å². The van der Waals surface area contributed by atoms with Crippen molar-refractivity contribution in [3.63, 3.8) is 0 Å². The molecule has 0 bridgehead atoms. The molecule has 130 valence electrons. The lowest BCUT2D eigenvalue weighted by molar-refractivity contribution is 0.229. The Morgan fingerprint density at radius 1 is 1.29 bits per heavy atom. The van der Waals surface area contributed by atoms with E-state index in [0.717, 1.165) is 25.7 Å². The fraction of sp³-hybridized carbons (Fsp3) is 0.471. The average molecular weight is 350 g/mol. The molecule has 1 saturated carbocycles. The molecule has 0 saturated heterocycles. The van der Waals surface area contributed by atoms with Crippen molar-refractivity contribution in [1.29, 1.82) is 0 Å². The van der Waals surface area contributed by atoms with E-state index in [0.29, 0.717) is 28.1 Å². The topological polar surface area (TPSA) is 92.4 Å². The Balaban J connectivity index is 2.01. The van der Waals surface area contributed by atoms with Crippen molar-refractivity contribution in [2.24, 2.45) is 0 Å². The number of benzene rings is 1. The second kappa shape index (κ2) is 6.66. The lowest BCUT2D eigenvalue weighted by Gasteiger charge is -2.15. The van der Waals surface area contributed by atoms with Gasteiger partial charge in [-0.15, -0.1) is 0 Å². The van der Waals surface area contributed by atoms with Crippen LogP contribution in [-0.4, -0.2) is 24.7 Å². The maximum Gasteiger partial charge on any atom is 0.241 e. The number of aliphatic hydroxyl groups is 1. The van der Waals surface area contributed by atoms with Crippen LogP contribution in [0.1, 0.15) is 42.7 Å². The Morgan fingerprint density at radius 3 is 2.67 bits per heavy atom. The van der Waals surface area contributed by atoms with E-state index in [1.54, 1.807) is 26.0 Å². The van der Waals surface area contributed by atoms with Crippen LogP contribution in [-0.2, 0) is 16.6 Å². The standard InChI is InChI=1S/C17H22N2O4S/c1-11-7-8-13(17-12(2)18-23-15(17)10-20)9-16(11)24(21,22)19-14-5-3-4-6-14/h7-9,14,19-20H,3-6,10H2,1-2H3. The lowest BCUT2D eigenvalue weighted by Crippen LogP contribution is -2.33. The number of aryl methyl sites for hydroxylation is 2. The molecule has 2 N–H and O–H groups in total. The van der Waals surface area contributed by atoms with Gasteiger partial charge in [0.1, 0.15) is 6.61 Å². The van der Waals surface area contributed by atoms with Crippen LogP contribution in [0.25, 0.3) is 11.1 Å². The molecule has 1 aromatic heterocycles. The highest BCUT2D eigenvalue weighted by Gasteiger charge is 2.25. The number of hydrogen-bond acceptors (Lipinski definition) is 5. The third-order valence-corrected chi connectivity index (χ3v) is 6.18. The normalized spacial score (nSPS) is 16.0. The van der Waals surface area contributed by atoms with Crippen LogP contribution in [0.5, 0.6) is 0 Å². The monoisotopic (exact) mass is 350 g/mol. The van der Waals surface area contributed by atoms with E-state index in [1.165, 1.54) is 0 Å². The minimum atomic E-state index is -3.58. The van der Waals surface area contributed by atoms with Crippen LogP contribution in [0.2, 0.25) is 0 Å². The molecule has 7 heteroatoms. The zero-order chi connectivity index (χ0) is 17.3. The van der Waals surface area contributed by atoms with Gasteiger partial charge in [0.15, 0.2) is 5.76 Å². The van der Waals surface area contributed by atoms with Gasteiger partial charge in [0.2, 0.25) is 10.0 Å². The number of aromatic nitrogens is 1. The van der Waals surface area contributed by atoms with Crippen molar-refractivity contribution in [2.75, 3.05) is 0 Å². The summed E-state index contributed by atoms with van der Waals surface area (Å²) in [5.41, 5.74) is 2.63. The van der Waals surface area contributed by atoms with Gasteiger partial charge >= 0.3 is 0 Å². The number of sulfonamides is 1. The van der Waals surface area contributed by atoms with Gasteiger partial charge in [0.25, 0.3) is 0 Å². The van der Waals surface area contributed by atoms with E-state index in [-0.39, 0.29) is 17.5 Å². The molecule has 0 unspecified atom stereocenters. The van der Waals surface area contributed by atoms with E-state index in [1.807, 2.05) is 6.07 Å². The van der Waals surface area contributed by atoms with E-state index in [4.69, 9.17) is 4.52 Å². The minimum absolute atomic E-state index is 0.0170. The first-order valence-corrected chi connectivity index (χ1v) is 9.60. The van der Waals surface area contributed by atoms with Crippen molar-refractivity contribution in [3.8, 4) is 11.1 Å². The molecule has 1 aromatic carbocycles. The zero-order valence-corrected chi connectivity index (χ0v) is 14.7. The highest BCUT2D eigenvalue weighted by atomic mass is 32.2. The maximum absolute atomic E-state index is 12.8. The minimum Gasteiger partial charge on any atom is -0.388 e. The molecule has 0 atom stereocenters. The van der Waals surface area contributed by atoms with Gasteiger partial charge in [0, 0.05) is 11.6 Å². The van der Waals surface area contributed by atoms with Crippen molar-refractivity contribution < 1.29 is 18.0 Å². The molecule has 0 aliphatic heterocycles. The van der Waals surface area contributed by atoms with E-state index in [9.17, 15) is 13.5 Å². The summed E-state index contributed by atoms with van der Waals surface area (Å²) in [7, 11) is -3.58. The van der Waals surface area contributed by atoms with Crippen LogP contribution >= 0.6 is 0 Å². The third-order valence-electron chi connectivity index (χ3n) is 4.52. The SMILES string of the molecule is Cc1ccc(-c2c(C)noc2CO)cc1S(=O)(=O)NC1CCCC1. The fourth-order valence-corrected chi connectivity index (χ4v) is 4.84. The molecule has 24 heavy (non-hydrogen) atoms. The Kier molecular flexibility index (Phi) is 4.76. The van der Waals surface area contributed by atoms with Gasteiger partial charge < -0.3 is 9.63 Å². The second-order valence-corrected chi connectivity index (χ2v) is 7.99. The highest BCUT2D eigenvalue weighted by molar-refractivity contribution is 7.89. The van der Waals surface area contributed by atoms with Gasteiger partial charge in [-0.25, -0.2) is 13.1 Å². The molecule has 1 aliphatic carbocycles. The summed E-state index contributed by atoms with van der Waals surface area (Å²) < 4.78 is 33.5. The molecule has 1 heterocycles. The Labute approximate surface area is 141 Å². The predicted octanol–water partition coefficient (Wildman–Crippen LogP) is 2.67. The number of hydrogen-bond donors (Lipinski definition) is 2. The summed E-state index contributed by atoms with van der Waals surface area (Å²) in [5, 5.41) is 13.3. The van der Waals surface area contributed by atoms with Gasteiger partial charge in [0.05, 0.1) is 10.6 Å². The molecule has 2 aromatic rings. The van der Waals surface area contributed by atoms with Gasteiger partial charge in [-0.2, -0.15) is 0 Å². The molecule has 0 spiro atoms. The summed E-state index contributed by atoms with van der Waals surface area (Å²) in [6, 6.07) is 5.24. The second-order valence-electron chi connectivity index (χ2n) is 6.31. The summed E-state index contributed by atoms with van der Waals surface area (Å²) in [5.74, 6) is 0.337. The summed E-state index contributed by atoms with van der Waals surface area (Å²) in [6.07, 6.45) is 3.90. The largest absolute Gasteiger partial charge is 0.388 e. The van der Waals surface area contributed by atoms with Crippen LogP contribution in [0.3, 0.4) is 0 Å². The predicted molar refractivity (Wildman–Crippen MR) is 89.9 cm³/mol. The van der Waals surface area contributed by atoms with Gasteiger partial charge in [-0.1, -0.05) is 30.1 Å². The van der Waals surface area contributed by atoms with E-state index in [2.05, 4.69) is 9.88 Å². The quantitative estimate of drug-likeness (QED) is 0.865. The smallest absolute Gasteiger partial charge is 0.241 e. The number of nitrogens with one attached hydrogen (secondary N) is 1. The van der Waals surface area contributed by atoms with Crippen molar-refractivity contribution in [1.82, 2.24) is 9.88 Å². The molecule has 0 radical (unpaired) electrons. The molecular formula is C17H22N2O4S. The molecule has 6 nitrogen and oxygen atoms in total. The molecule has 1 fully saturated rings. The summed E-state index contributed by atoms with van der Waals surface area (Å²) >= 11 is 0. The highest BCUT2D eigenvalue weighted by Crippen LogP contribution is 2.31. The Morgan fingerprint density at radius 2 is 2.00 bits per heavy atom. The van der Waals surface area contributed by atoms with Gasteiger partial charge in [-0.3, -0.25) is 0 Å². The van der Waals surface area contributed by atoms with E-state index < -0.39 is 10.0 Å². The number of aliphatic hydroxyl groups excluding tert-OH is 1. The number of rotatable bonds is 5. The first-order valence-electron chi connectivity index (χ1n) is 8.11. The first-order chi connectivity index (χ1) is 11.4. The lowest BCUT2D eigenvalue weighted by atomic mass is 10.0. The maximum atomic E-state index is 12.8. The third kappa shape index (κ3) is 3.24. The first kappa shape index (κ1) is 17.1. The Bertz CT molecular complexity index is 836. The summed E-state index contributed by atoms with van der Waals surface area (Å²) in [6.45, 7) is 3.26. The van der Waals surface area contributed by atoms with Crippen LogP contribution < -0.4 is 4.72 Å². The van der Waals surface area contributed by atoms with Crippen molar-refractivity contribution in [2.45, 2.75) is 57.1 Å². The molecule has 1 aliphatic rings. The van der Waals surface area contributed by atoms with Crippen LogP contribution in [0.15, 0.2) is 27.6 Å². The molecule has 0 amide bonds. The van der Waals surface area contributed by atoms with Crippen molar-refractivity contribution in [3.05, 3.63) is 35.2 Å². The molecule has 3 rings (SSSR count). The van der Waals surface area contributed by atoms with Crippen LogP contribution in [0, 0.1) is 13.8 Å². The zero-order valence-electron chi connectivity index (χ0n) is 13.9. The molecular weight excluding hydrogens is 328 g/mol. The average Bonchev–Trinajstić information content (AvgIpc) is 3.16. The van der Waals surface area contributed by atoms with E-state index >= 15 is 0 Å². The van der Waals surface area contributed by atoms with Gasteiger partial charge in [-0.05, 0) is 43.9 Å². The summed E-state index contributed by atoms with van der Waals surface area (Å²) in [4.78, 5) is 0.261.